The van der Waals surface area contributed by atoms with Gasteiger partial charge in [-0.25, -0.2) is 9.59 Å². The fourth-order valence-electron chi connectivity index (χ4n) is 3.61. The highest BCUT2D eigenvalue weighted by atomic mass is 16.6. The van der Waals surface area contributed by atoms with Crippen LogP contribution in [0.5, 0.6) is 0 Å². The van der Waals surface area contributed by atoms with Gasteiger partial charge in [0.15, 0.2) is 5.92 Å². The summed E-state index contributed by atoms with van der Waals surface area (Å²) >= 11 is 0. The van der Waals surface area contributed by atoms with E-state index in [1.165, 1.54) is 6.92 Å². The van der Waals surface area contributed by atoms with E-state index in [1.54, 1.807) is 54.6 Å². The number of nitrogens with one attached hydrogen (secondary N) is 2. The third kappa shape index (κ3) is 8.64. The van der Waals surface area contributed by atoms with Gasteiger partial charge in [-0.2, -0.15) is 0 Å². The summed E-state index contributed by atoms with van der Waals surface area (Å²) in [5.41, 5.74) is 1.42. The molecule has 0 saturated heterocycles. The summed E-state index contributed by atoms with van der Waals surface area (Å²) in [5.74, 6) is -7.22. The minimum Gasteiger partial charge on any atom is -0.480 e. The van der Waals surface area contributed by atoms with Crippen molar-refractivity contribution in [2.24, 2.45) is 11.8 Å². The zero-order valence-electron chi connectivity index (χ0n) is 20.7. The molecule has 0 aliphatic carbocycles. The van der Waals surface area contributed by atoms with Crippen LogP contribution in [0.1, 0.15) is 18.1 Å². The highest BCUT2D eigenvalue weighted by Gasteiger charge is 2.42. The maximum atomic E-state index is 13.2. The second kappa shape index (κ2) is 14.2. The van der Waals surface area contributed by atoms with Crippen LogP contribution in [0, 0.1) is 11.8 Å². The second-order valence-corrected chi connectivity index (χ2v) is 8.16. The molecule has 0 unspecified atom stereocenters. The summed E-state index contributed by atoms with van der Waals surface area (Å²) < 4.78 is 14.4. The number of ether oxygens (including phenoxy) is 3. The van der Waals surface area contributed by atoms with Gasteiger partial charge in [0.25, 0.3) is 0 Å². The first-order valence-corrected chi connectivity index (χ1v) is 11.4. The van der Waals surface area contributed by atoms with Gasteiger partial charge in [-0.1, -0.05) is 67.6 Å². The van der Waals surface area contributed by atoms with Gasteiger partial charge in [0.1, 0.15) is 18.7 Å². The molecule has 2 aromatic carbocycles. The molecule has 0 aromatic heterocycles. The lowest BCUT2D eigenvalue weighted by Gasteiger charge is -2.27. The summed E-state index contributed by atoms with van der Waals surface area (Å²) in [4.78, 5) is 62.1. The van der Waals surface area contributed by atoms with E-state index in [-0.39, 0.29) is 13.0 Å². The molecule has 0 saturated carbocycles. The summed E-state index contributed by atoms with van der Waals surface area (Å²) in [6, 6.07) is 14.7. The lowest BCUT2D eigenvalue weighted by atomic mass is 9.87. The van der Waals surface area contributed by atoms with Crippen LogP contribution in [0.4, 0.5) is 4.79 Å². The first-order valence-electron chi connectivity index (χ1n) is 11.4. The predicted octanol–water partition coefficient (Wildman–Crippen LogP) is 1.69. The number of aliphatic carboxylic acids is 1. The quantitative estimate of drug-likeness (QED) is 0.218. The number of hydrogen-bond donors (Lipinski definition) is 3. The van der Waals surface area contributed by atoms with Crippen LogP contribution in [0.25, 0.3) is 0 Å². The smallest absolute Gasteiger partial charge is 0.408 e. The van der Waals surface area contributed by atoms with Gasteiger partial charge in [-0.3, -0.25) is 14.4 Å². The molecular formula is C26H30N2O9. The fourth-order valence-corrected chi connectivity index (χ4v) is 3.61. The number of esters is 2. The Morgan fingerprint density at radius 3 is 1.81 bits per heavy atom. The lowest BCUT2D eigenvalue weighted by molar-refractivity contribution is -0.163. The molecule has 11 heteroatoms. The Kier molecular flexibility index (Phi) is 11.1. The fraction of sp³-hybridized carbons (Fsp3) is 0.346. The zero-order valence-corrected chi connectivity index (χ0v) is 20.7. The van der Waals surface area contributed by atoms with Gasteiger partial charge >= 0.3 is 24.0 Å². The standard InChI is InChI=1S/C26H30N2O9/c1-16(20(24(32)35-2)25(33)36-3)21(23(30)31)28-22(29)19(14-17-10-6-4-7-11-17)27-26(34)37-15-18-12-8-5-9-13-18/h4-13,16,19-21H,14-15H2,1-3H3,(H,27,34)(H,28,29)(H,30,31)/t16-,19-,21+/m1/s1. The van der Waals surface area contributed by atoms with Gasteiger partial charge in [0, 0.05) is 12.3 Å². The minimum absolute atomic E-state index is 0.0191. The minimum atomic E-state index is -1.68. The molecule has 0 spiro atoms. The number of alkyl carbamates (subject to hydrolysis) is 1. The average molecular weight is 515 g/mol. The highest BCUT2D eigenvalue weighted by Crippen LogP contribution is 2.20. The van der Waals surface area contributed by atoms with Crippen LogP contribution in [-0.4, -0.2) is 61.3 Å². The molecular weight excluding hydrogens is 484 g/mol. The Hall–Kier alpha value is -4.41. The van der Waals surface area contributed by atoms with Crippen molar-refractivity contribution < 1.29 is 43.3 Å². The third-order valence-electron chi connectivity index (χ3n) is 5.63. The molecule has 2 rings (SSSR count). The molecule has 0 fully saturated rings. The first kappa shape index (κ1) is 28.8. The molecule has 11 nitrogen and oxygen atoms in total. The SMILES string of the molecule is COC(=O)C(C(=O)OC)[C@@H](C)[C@H](NC(=O)[C@@H](Cc1ccccc1)NC(=O)OCc1ccccc1)C(=O)O. The molecule has 0 heterocycles. The number of carboxylic acid groups (broad SMARTS) is 1. The number of carboxylic acids is 1. The van der Waals surface area contributed by atoms with Gasteiger partial charge < -0.3 is 30.0 Å². The second-order valence-electron chi connectivity index (χ2n) is 8.16. The van der Waals surface area contributed by atoms with E-state index in [9.17, 15) is 29.1 Å². The Balaban J connectivity index is 2.22. The molecule has 198 valence electrons. The van der Waals surface area contributed by atoms with Gasteiger partial charge in [0.05, 0.1) is 14.2 Å². The number of benzene rings is 2. The van der Waals surface area contributed by atoms with Crippen molar-refractivity contribution in [3.63, 3.8) is 0 Å². The molecule has 37 heavy (non-hydrogen) atoms. The van der Waals surface area contributed by atoms with Crippen LogP contribution < -0.4 is 10.6 Å². The zero-order chi connectivity index (χ0) is 27.4. The summed E-state index contributed by atoms with van der Waals surface area (Å²) in [7, 11) is 2.08. The normalized spacial score (nSPS) is 13.0. The van der Waals surface area contributed by atoms with E-state index in [0.717, 1.165) is 19.8 Å². The van der Waals surface area contributed by atoms with Gasteiger partial charge in [-0.15, -0.1) is 0 Å². The van der Waals surface area contributed by atoms with E-state index < -0.39 is 53.8 Å². The largest absolute Gasteiger partial charge is 0.480 e. The van der Waals surface area contributed by atoms with Gasteiger partial charge in [0.2, 0.25) is 5.91 Å². The maximum Gasteiger partial charge on any atom is 0.408 e. The summed E-state index contributed by atoms with van der Waals surface area (Å²) in [6.07, 6.45) is -0.868. The van der Waals surface area contributed by atoms with E-state index in [4.69, 9.17) is 4.74 Å². The molecule has 0 radical (unpaired) electrons. The maximum absolute atomic E-state index is 13.2. The predicted molar refractivity (Wildman–Crippen MR) is 130 cm³/mol. The van der Waals surface area contributed by atoms with E-state index in [2.05, 4.69) is 20.1 Å². The molecule has 2 amide bonds. The Labute approximate surface area is 214 Å². The van der Waals surface area contributed by atoms with Crippen molar-refractivity contribution >= 4 is 29.9 Å². The Morgan fingerprint density at radius 2 is 1.32 bits per heavy atom. The number of methoxy groups -OCH3 is 2. The van der Waals surface area contributed by atoms with Crippen LogP contribution in [0.15, 0.2) is 60.7 Å². The van der Waals surface area contributed by atoms with Crippen molar-refractivity contribution in [3.8, 4) is 0 Å². The highest BCUT2D eigenvalue weighted by molar-refractivity contribution is 5.96. The van der Waals surface area contributed by atoms with Crippen LogP contribution in [0.2, 0.25) is 0 Å². The van der Waals surface area contributed by atoms with Crippen LogP contribution in [0.3, 0.4) is 0 Å². The number of rotatable bonds is 12. The molecule has 3 N–H and O–H groups in total. The van der Waals surface area contributed by atoms with Crippen molar-refractivity contribution in [1.82, 2.24) is 10.6 Å². The molecule has 0 bridgehead atoms. The summed E-state index contributed by atoms with van der Waals surface area (Å²) in [6.45, 7) is 1.26. The number of carbonyl (C=O) groups is 5. The number of amides is 2. The van der Waals surface area contributed by atoms with Crippen molar-refractivity contribution in [3.05, 3.63) is 71.8 Å². The lowest BCUT2D eigenvalue weighted by Crippen LogP contribution is -2.56. The van der Waals surface area contributed by atoms with Crippen molar-refractivity contribution in [2.45, 2.75) is 32.0 Å². The van der Waals surface area contributed by atoms with E-state index >= 15 is 0 Å². The van der Waals surface area contributed by atoms with Crippen LogP contribution in [-0.2, 0) is 46.4 Å². The van der Waals surface area contributed by atoms with Crippen molar-refractivity contribution in [1.29, 1.82) is 0 Å². The monoisotopic (exact) mass is 514 g/mol. The molecule has 2 aromatic rings. The van der Waals surface area contributed by atoms with Crippen molar-refractivity contribution in [2.75, 3.05) is 14.2 Å². The number of carbonyl (C=O) groups excluding carboxylic acids is 4. The van der Waals surface area contributed by atoms with E-state index in [1.807, 2.05) is 6.07 Å². The molecule has 0 aliphatic heterocycles. The van der Waals surface area contributed by atoms with Gasteiger partial charge in [-0.05, 0) is 11.1 Å². The summed E-state index contributed by atoms with van der Waals surface area (Å²) in [5, 5.41) is 14.6. The first-order chi connectivity index (χ1) is 17.7. The van der Waals surface area contributed by atoms with E-state index in [0.29, 0.717) is 5.56 Å². The molecule has 3 atom stereocenters. The van der Waals surface area contributed by atoms with Crippen LogP contribution >= 0.6 is 0 Å². The average Bonchev–Trinajstić information content (AvgIpc) is 2.90. The topological polar surface area (TPSA) is 157 Å². The molecule has 0 aliphatic rings. The Morgan fingerprint density at radius 1 is 0.811 bits per heavy atom. The number of hydrogen-bond acceptors (Lipinski definition) is 8. The Bertz CT molecular complexity index is 1060. The third-order valence-corrected chi connectivity index (χ3v) is 5.63.